The van der Waals surface area contributed by atoms with Gasteiger partial charge >= 0.3 is 6.36 Å². The van der Waals surface area contributed by atoms with Gasteiger partial charge in [-0.25, -0.2) is 9.83 Å². The monoisotopic (exact) mass is 522 g/mol. The minimum Gasteiger partial charge on any atom is -0.490 e. The molecule has 1 fully saturated rings. The lowest BCUT2D eigenvalue weighted by atomic mass is 10.1. The first kappa shape index (κ1) is 22.9. The number of aryl methyl sites for hydroxylation is 1. The van der Waals surface area contributed by atoms with Crippen molar-refractivity contribution in [3.8, 4) is 11.5 Å². The minimum absolute atomic E-state index is 0.0234. The fraction of sp³-hybridized carbons (Fsp3) is 0.318. The van der Waals surface area contributed by atoms with Crippen LogP contribution in [0.15, 0.2) is 45.8 Å². The highest BCUT2D eigenvalue weighted by Crippen LogP contribution is 2.35. The number of benzene rings is 1. The fourth-order valence-corrected chi connectivity index (χ4v) is 4.17. The van der Waals surface area contributed by atoms with Gasteiger partial charge in [0.2, 0.25) is 0 Å². The van der Waals surface area contributed by atoms with Crippen LogP contribution in [-0.4, -0.2) is 35.1 Å². The Morgan fingerprint density at radius 1 is 1.12 bits per heavy atom. The molecule has 172 valence electrons. The molecule has 0 aliphatic carbocycles. The molecule has 0 atom stereocenters. The van der Waals surface area contributed by atoms with Crippen molar-refractivity contribution in [2.45, 2.75) is 25.3 Å². The van der Waals surface area contributed by atoms with E-state index in [0.29, 0.717) is 53.0 Å². The predicted molar refractivity (Wildman–Crippen MR) is 120 cm³/mol. The average molecular weight is 523 g/mol. The van der Waals surface area contributed by atoms with Gasteiger partial charge in [-0.2, -0.15) is 0 Å². The van der Waals surface area contributed by atoms with Crippen molar-refractivity contribution in [2.75, 3.05) is 18.0 Å². The van der Waals surface area contributed by atoms with Crippen LogP contribution < -0.4 is 19.9 Å². The number of aromatic nitrogens is 2. The molecule has 0 N–H and O–H groups in total. The van der Waals surface area contributed by atoms with Crippen LogP contribution in [0.1, 0.15) is 12.8 Å². The molecule has 3 heterocycles. The van der Waals surface area contributed by atoms with Crippen LogP contribution in [0.3, 0.4) is 0 Å². The van der Waals surface area contributed by atoms with E-state index in [9.17, 15) is 18.0 Å². The first-order chi connectivity index (χ1) is 15.7. The standard InChI is InChI=1S/C22H18BrF3N4O3/c1-27-19-20(18-16(29(2)21(19)31)7-8-17(23)28-18)30-11-9-14(10-12-30)32-13-3-5-15(6-4-13)33-22(24,25)26/h3-8,14H,9-12H2,2H3. The molecule has 1 saturated heterocycles. The van der Waals surface area contributed by atoms with Gasteiger partial charge in [0.25, 0.3) is 11.2 Å². The smallest absolute Gasteiger partial charge is 0.490 e. The Morgan fingerprint density at radius 2 is 1.76 bits per heavy atom. The first-order valence-electron chi connectivity index (χ1n) is 10.0. The van der Waals surface area contributed by atoms with Crippen LogP contribution >= 0.6 is 15.9 Å². The molecule has 0 spiro atoms. The number of rotatable bonds is 4. The summed E-state index contributed by atoms with van der Waals surface area (Å²) >= 11 is 3.36. The van der Waals surface area contributed by atoms with E-state index in [1.54, 1.807) is 19.2 Å². The van der Waals surface area contributed by atoms with E-state index in [1.807, 2.05) is 4.90 Å². The Kier molecular flexibility index (Phi) is 6.21. The molecule has 7 nitrogen and oxygen atoms in total. The number of ether oxygens (including phenoxy) is 2. The summed E-state index contributed by atoms with van der Waals surface area (Å²) in [7, 11) is 1.61. The van der Waals surface area contributed by atoms with E-state index in [2.05, 4.69) is 30.5 Å². The lowest BCUT2D eigenvalue weighted by Crippen LogP contribution is -2.39. The number of hydrogen-bond donors (Lipinski definition) is 0. The summed E-state index contributed by atoms with van der Waals surface area (Å²) in [6.07, 6.45) is -3.71. The molecule has 4 rings (SSSR count). The van der Waals surface area contributed by atoms with Gasteiger partial charge in [-0.1, -0.05) is 0 Å². The third kappa shape index (κ3) is 4.90. The maximum Gasteiger partial charge on any atom is 0.573 e. The van der Waals surface area contributed by atoms with Crippen molar-refractivity contribution in [3.63, 3.8) is 0 Å². The van der Waals surface area contributed by atoms with E-state index in [4.69, 9.17) is 11.3 Å². The molecule has 33 heavy (non-hydrogen) atoms. The Hall–Kier alpha value is -3.26. The largest absolute Gasteiger partial charge is 0.573 e. The Bertz CT molecular complexity index is 1280. The van der Waals surface area contributed by atoms with Crippen molar-refractivity contribution in [1.82, 2.24) is 9.55 Å². The zero-order valence-electron chi connectivity index (χ0n) is 17.4. The molecule has 3 aromatic rings. The molecule has 1 aliphatic heterocycles. The van der Waals surface area contributed by atoms with E-state index in [1.165, 1.54) is 28.8 Å². The van der Waals surface area contributed by atoms with Gasteiger partial charge in [0.05, 0.1) is 17.8 Å². The molecule has 0 radical (unpaired) electrons. The lowest BCUT2D eigenvalue weighted by Gasteiger charge is -2.34. The topological polar surface area (TPSA) is 61.0 Å². The molecular weight excluding hydrogens is 505 g/mol. The Morgan fingerprint density at radius 3 is 2.36 bits per heavy atom. The van der Waals surface area contributed by atoms with Gasteiger partial charge in [-0.3, -0.25) is 4.79 Å². The van der Waals surface area contributed by atoms with E-state index >= 15 is 0 Å². The van der Waals surface area contributed by atoms with Crippen molar-refractivity contribution in [3.05, 3.63) is 62.8 Å². The molecule has 0 amide bonds. The second kappa shape index (κ2) is 8.94. The molecule has 0 bridgehead atoms. The summed E-state index contributed by atoms with van der Waals surface area (Å²) in [5.41, 5.74) is 1.35. The van der Waals surface area contributed by atoms with Crippen molar-refractivity contribution >= 4 is 38.3 Å². The number of anilines is 1. The van der Waals surface area contributed by atoms with Crippen molar-refractivity contribution < 1.29 is 22.6 Å². The lowest BCUT2D eigenvalue weighted by molar-refractivity contribution is -0.274. The normalized spacial score (nSPS) is 14.8. The number of nitrogens with zero attached hydrogens (tertiary/aromatic N) is 4. The van der Waals surface area contributed by atoms with E-state index < -0.39 is 6.36 Å². The first-order valence-corrected chi connectivity index (χ1v) is 10.8. The molecule has 0 unspecified atom stereocenters. The van der Waals surface area contributed by atoms with Crippen LogP contribution in [0.4, 0.5) is 24.5 Å². The second-order valence-electron chi connectivity index (χ2n) is 7.50. The summed E-state index contributed by atoms with van der Waals surface area (Å²) in [5, 5.41) is 0. The second-order valence-corrected chi connectivity index (χ2v) is 8.31. The van der Waals surface area contributed by atoms with Gasteiger partial charge in [-0.05, 0) is 52.3 Å². The quantitative estimate of drug-likeness (QED) is 0.348. The molecule has 0 saturated carbocycles. The van der Waals surface area contributed by atoms with Gasteiger partial charge in [0.1, 0.15) is 27.7 Å². The van der Waals surface area contributed by atoms with E-state index in [0.717, 1.165) is 0 Å². The third-order valence-electron chi connectivity index (χ3n) is 5.39. The molecule has 11 heteroatoms. The number of piperidine rings is 1. The minimum atomic E-state index is -4.74. The fourth-order valence-electron chi connectivity index (χ4n) is 3.86. The van der Waals surface area contributed by atoms with E-state index in [-0.39, 0.29) is 23.1 Å². The SMILES string of the molecule is [C-]#[N+]c1c(N2CCC(Oc3ccc(OC(F)(F)F)cc3)CC2)c2nc(Br)ccc2n(C)c1=O. The Labute approximate surface area is 195 Å². The summed E-state index contributed by atoms with van der Waals surface area (Å²) < 4.78 is 48.7. The predicted octanol–water partition coefficient (Wildman–Crippen LogP) is 5.19. The van der Waals surface area contributed by atoms with Crippen LogP contribution in [0, 0.1) is 6.57 Å². The van der Waals surface area contributed by atoms with Gasteiger partial charge in [0.15, 0.2) is 0 Å². The molecule has 1 aliphatic rings. The molecular formula is C22H18BrF3N4O3. The van der Waals surface area contributed by atoms with Crippen molar-refractivity contribution in [1.29, 1.82) is 0 Å². The number of halogens is 4. The van der Waals surface area contributed by atoms with Crippen molar-refractivity contribution in [2.24, 2.45) is 7.05 Å². The molecule has 1 aromatic carbocycles. The highest BCUT2D eigenvalue weighted by atomic mass is 79.9. The third-order valence-corrected chi connectivity index (χ3v) is 5.83. The van der Waals surface area contributed by atoms with Crippen LogP contribution in [0.5, 0.6) is 11.5 Å². The molecule has 2 aromatic heterocycles. The number of hydrogen-bond acceptors (Lipinski definition) is 5. The average Bonchev–Trinajstić information content (AvgIpc) is 2.77. The number of alkyl halides is 3. The van der Waals surface area contributed by atoms with Crippen LogP contribution in [0.25, 0.3) is 15.9 Å². The zero-order valence-corrected chi connectivity index (χ0v) is 19.0. The van der Waals surface area contributed by atoms with Gasteiger partial charge < -0.3 is 18.9 Å². The van der Waals surface area contributed by atoms with Crippen LogP contribution in [0.2, 0.25) is 0 Å². The highest BCUT2D eigenvalue weighted by molar-refractivity contribution is 9.10. The summed E-state index contributed by atoms with van der Waals surface area (Å²) in [6.45, 7) is 8.62. The maximum atomic E-state index is 12.8. The Balaban J connectivity index is 1.52. The summed E-state index contributed by atoms with van der Waals surface area (Å²) in [5.74, 6) is 0.127. The van der Waals surface area contributed by atoms with Gasteiger partial charge in [-0.15, -0.1) is 13.2 Å². The highest BCUT2D eigenvalue weighted by Gasteiger charge is 2.31. The summed E-state index contributed by atoms with van der Waals surface area (Å²) in [4.78, 5) is 22.8. The number of fused-ring (bicyclic) bond motifs is 1. The number of pyridine rings is 2. The summed E-state index contributed by atoms with van der Waals surface area (Å²) in [6, 6.07) is 8.80. The van der Waals surface area contributed by atoms with Crippen LogP contribution in [-0.2, 0) is 7.05 Å². The van der Waals surface area contributed by atoms with Gasteiger partial charge in [0, 0.05) is 33.0 Å². The zero-order chi connectivity index (χ0) is 23.8. The maximum absolute atomic E-state index is 12.8.